The van der Waals surface area contributed by atoms with Crippen molar-refractivity contribution in [3.8, 4) is 11.1 Å². The van der Waals surface area contributed by atoms with Gasteiger partial charge in [0.25, 0.3) is 0 Å². The highest BCUT2D eigenvalue weighted by Crippen LogP contribution is 2.39. The number of carbonyl (C=O) groups is 1. The second-order valence-electron chi connectivity index (χ2n) is 8.82. The zero-order valence-electron chi connectivity index (χ0n) is 18.7. The van der Waals surface area contributed by atoms with Crippen molar-refractivity contribution in [2.45, 2.75) is 45.6 Å². The molecule has 1 N–H and O–H groups in total. The van der Waals surface area contributed by atoms with E-state index in [1.807, 2.05) is 35.0 Å². The van der Waals surface area contributed by atoms with Gasteiger partial charge in [-0.25, -0.2) is 0 Å². The molecule has 0 radical (unpaired) electrons. The summed E-state index contributed by atoms with van der Waals surface area (Å²) < 4.78 is 1.90. The average molecular weight is 428 g/mol. The van der Waals surface area contributed by atoms with Crippen LogP contribution in [0.15, 0.2) is 55.0 Å². The third-order valence-electron chi connectivity index (χ3n) is 6.60. The van der Waals surface area contributed by atoms with Crippen molar-refractivity contribution >= 4 is 16.8 Å². The number of carbonyl (C=O) groups excluding carboxylic acids is 1. The zero-order chi connectivity index (χ0) is 22.1. The smallest absolute Gasteiger partial charge is 0.224 e. The van der Waals surface area contributed by atoms with Crippen LogP contribution in [0.5, 0.6) is 0 Å². The topological polar surface area (TPSA) is 66.8 Å². The summed E-state index contributed by atoms with van der Waals surface area (Å²) in [7, 11) is 0. The Morgan fingerprint density at radius 2 is 1.97 bits per heavy atom. The summed E-state index contributed by atoms with van der Waals surface area (Å²) in [5.41, 5.74) is 7.13. The van der Waals surface area contributed by atoms with E-state index in [2.05, 4.69) is 52.3 Å². The summed E-state index contributed by atoms with van der Waals surface area (Å²) in [5.74, 6) is 0.497. The summed E-state index contributed by atoms with van der Waals surface area (Å²) in [6, 6.07) is 12.7. The molecule has 3 aromatic heterocycles. The molecule has 4 heterocycles. The van der Waals surface area contributed by atoms with Gasteiger partial charge in [0.2, 0.25) is 5.91 Å². The maximum atomic E-state index is 13.0. The van der Waals surface area contributed by atoms with E-state index in [0.717, 1.165) is 37.1 Å². The van der Waals surface area contributed by atoms with E-state index in [-0.39, 0.29) is 11.8 Å². The van der Waals surface area contributed by atoms with E-state index in [1.165, 1.54) is 27.8 Å². The third-order valence-corrected chi connectivity index (χ3v) is 6.60. The fraction of sp³-hybridized carbons (Fsp3) is 0.346. The first-order chi connectivity index (χ1) is 15.6. The molecular weight excluding hydrogens is 398 g/mol. The number of aromatic amines is 1. The van der Waals surface area contributed by atoms with Crippen LogP contribution in [0.4, 0.5) is 0 Å². The Balaban J connectivity index is 1.42. The maximum Gasteiger partial charge on any atom is 0.224 e. The van der Waals surface area contributed by atoms with Crippen molar-refractivity contribution in [2.75, 3.05) is 13.1 Å². The van der Waals surface area contributed by atoms with Gasteiger partial charge in [0.15, 0.2) is 0 Å². The van der Waals surface area contributed by atoms with E-state index < -0.39 is 0 Å². The molecule has 1 fully saturated rings. The minimum atomic E-state index is 0.210. The number of nitrogens with zero attached hydrogens (tertiary/aromatic N) is 4. The molecule has 6 heteroatoms. The van der Waals surface area contributed by atoms with Gasteiger partial charge in [-0.05, 0) is 62.6 Å². The van der Waals surface area contributed by atoms with Crippen LogP contribution in [-0.4, -0.2) is 43.6 Å². The summed E-state index contributed by atoms with van der Waals surface area (Å²) in [6.07, 6.45) is 8.06. The summed E-state index contributed by atoms with van der Waals surface area (Å²) in [4.78, 5) is 23.0. The fourth-order valence-electron chi connectivity index (χ4n) is 4.89. The molecule has 1 unspecified atom stereocenters. The predicted octanol–water partition coefficient (Wildman–Crippen LogP) is 4.84. The number of hydrogen-bond donors (Lipinski definition) is 1. The molecule has 0 aliphatic carbocycles. The Morgan fingerprint density at radius 3 is 2.75 bits per heavy atom. The van der Waals surface area contributed by atoms with E-state index in [9.17, 15) is 4.79 Å². The molecule has 164 valence electrons. The highest BCUT2D eigenvalue weighted by atomic mass is 16.2. The molecule has 1 aromatic carbocycles. The normalized spacial score (nSPS) is 16.6. The largest absolute Gasteiger partial charge is 0.358 e. The third kappa shape index (κ3) is 3.93. The van der Waals surface area contributed by atoms with Gasteiger partial charge in [0, 0.05) is 78.4 Å². The van der Waals surface area contributed by atoms with Gasteiger partial charge in [-0.1, -0.05) is 11.6 Å². The van der Waals surface area contributed by atoms with Crippen molar-refractivity contribution < 1.29 is 4.79 Å². The molecule has 0 spiro atoms. The number of rotatable bonds is 5. The van der Waals surface area contributed by atoms with Crippen LogP contribution in [0.3, 0.4) is 0 Å². The number of likely N-dealkylation sites (tertiary alicyclic amines) is 1. The lowest BCUT2D eigenvalue weighted by molar-refractivity contribution is -0.132. The first-order valence-corrected chi connectivity index (χ1v) is 11.4. The van der Waals surface area contributed by atoms with E-state index >= 15 is 0 Å². The highest BCUT2D eigenvalue weighted by Gasteiger charge is 2.28. The van der Waals surface area contributed by atoms with Crippen LogP contribution in [0, 0.1) is 13.8 Å². The molecule has 4 aromatic rings. The number of nitrogens with one attached hydrogen (secondary N) is 1. The maximum absolute atomic E-state index is 13.0. The fourth-order valence-corrected chi connectivity index (χ4v) is 4.89. The summed E-state index contributed by atoms with van der Waals surface area (Å²) >= 11 is 0. The summed E-state index contributed by atoms with van der Waals surface area (Å²) in [6.45, 7) is 6.36. The molecule has 0 saturated carbocycles. The monoisotopic (exact) mass is 427 g/mol. The van der Waals surface area contributed by atoms with Crippen LogP contribution >= 0.6 is 0 Å². The standard InChI is InChI=1S/C26H29N5O/c1-18-5-6-23-22(16-18)25(20-8-11-27-12-9-20)26(29-23)21-4-3-14-30(17-21)24(32)10-15-31-19(2)7-13-28-31/h5-9,11-13,16,21,29H,3-4,10,14-15,17H2,1-2H3. The highest BCUT2D eigenvalue weighted by molar-refractivity contribution is 5.98. The quantitative estimate of drug-likeness (QED) is 0.496. The van der Waals surface area contributed by atoms with Crippen molar-refractivity contribution in [2.24, 2.45) is 0 Å². The number of aryl methyl sites for hydroxylation is 3. The Kier molecular flexibility index (Phi) is 5.52. The Morgan fingerprint density at radius 1 is 1.12 bits per heavy atom. The Hall–Kier alpha value is -3.41. The number of amides is 1. The molecule has 1 saturated heterocycles. The van der Waals surface area contributed by atoms with Crippen molar-refractivity contribution in [3.63, 3.8) is 0 Å². The number of fused-ring (bicyclic) bond motifs is 1. The van der Waals surface area contributed by atoms with Crippen molar-refractivity contribution in [1.82, 2.24) is 24.6 Å². The average Bonchev–Trinajstić information content (AvgIpc) is 3.41. The molecule has 1 aliphatic heterocycles. The Labute approximate surface area is 188 Å². The SMILES string of the molecule is Cc1ccc2[nH]c(C3CCCN(C(=O)CCn4nccc4C)C3)c(-c3ccncc3)c2c1. The van der Waals surface area contributed by atoms with Gasteiger partial charge >= 0.3 is 0 Å². The molecule has 5 rings (SSSR count). The minimum Gasteiger partial charge on any atom is -0.358 e. The lowest BCUT2D eigenvalue weighted by Gasteiger charge is -2.33. The van der Waals surface area contributed by atoms with Crippen molar-refractivity contribution in [3.05, 3.63) is 71.9 Å². The van der Waals surface area contributed by atoms with E-state index in [0.29, 0.717) is 13.0 Å². The van der Waals surface area contributed by atoms with Gasteiger partial charge in [0.05, 0.1) is 0 Å². The number of benzene rings is 1. The van der Waals surface area contributed by atoms with Gasteiger partial charge < -0.3 is 9.88 Å². The number of hydrogen-bond acceptors (Lipinski definition) is 3. The molecule has 6 nitrogen and oxygen atoms in total. The van der Waals surface area contributed by atoms with Gasteiger partial charge in [-0.15, -0.1) is 0 Å². The number of H-pyrrole nitrogens is 1. The molecule has 1 aliphatic rings. The van der Waals surface area contributed by atoms with Gasteiger partial charge in [-0.3, -0.25) is 14.5 Å². The van der Waals surface area contributed by atoms with Crippen LogP contribution in [-0.2, 0) is 11.3 Å². The number of piperidine rings is 1. The number of aromatic nitrogens is 4. The van der Waals surface area contributed by atoms with Crippen LogP contribution in [0.25, 0.3) is 22.0 Å². The van der Waals surface area contributed by atoms with Crippen LogP contribution < -0.4 is 0 Å². The van der Waals surface area contributed by atoms with Crippen LogP contribution in [0.1, 0.15) is 42.1 Å². The van der Waals surface area contributed by atoms with Crippen LogP contribution in [0.2, 0.25) is 0 Å². The first-order valence-electron chi connectivity index (χ1n) is 11.4. The minimum absolute atomic E-state index is 0.210. The number of pyridine rings is 1. The van der Waals surface area contributed by atoms with E-state index in [1.54, 1.807) is 6.20 Å². The van der Waals surface area contributed by atoms with E-state index in [4.69, 9.17) is 0 Å². The second-order valence-corrected chi connectivity index (χ2v) is 8.82. The lowest BCUT2D eigenvalue weighted by atomic mass is 9.89. The zero-order valence-corrected chi connectivity index (χ0v) is 18.7. The summed E-state index contributed by atoms with van der Waals surface area (Å²) in [5, 5.41) is 5.55. The predicted molar refractivity (Wildman–Crippen MR) is 126 cm³/mol. The molecule has 1 amide bonds. The lowest BCUT2D eigenvalue weighted by Crippen LogP contribution is -2.39. The second kappa shape index (κ2) is 8.61. The first kappa shape index (κ1) is 20.5. The molecular formula is C26H29N5O. The molecule has 0 bridgehead atoms. The molecule has 32 heavy (non-hydrogen) atoms. The molecule has 1 atom stereocenters. The Bertz CT molecular complexity index is 1240. The van der Waals surface area contributed by atoms with Gasteiger partial charge in [-0.2, -0.15) is 5.10 Å². The van der Waals surface area contributed by atoms with Gasteiger partial charge in [0.1, 0.15) is 0 Å². The van der Waals surface area contributed by atoms with Crippen molar-refractivity contribution in [1.29, 1.82) is 0 Å².